The third kappa shape index (κ3) is 6.12. The number of pyridine rings is 1. The van der Waals surface area contributed by atoms with Crippen LogP contribution in [0.15, 0.2) is 72.9 Å². The van der Waals surface area contributed by atoms with Crippen molar-refractivity contribution >= 4 is 0 Å². The molecular formula is C23H26N2O2. The third-order valence-corrected chi connectivity index (χ3v) is 4.31. The highest BCUT2D eigenvalue weighted by Crippen LogP contribution is 2.17. The van der Waals surface area contributed by atoms with Gasteiger partial charge in [-0.1, -0.05) is 36.4 Å². The van der Waals surface area contributed by atoms with Crippen LogP contribution in [0.25, 0.3) is 0 Å². The van der Waals surface area contributed by atoms with Crippen molar-refractivity contribution in [2.24, 2.45) is 0 Å². The fraction of sp³-hybridized carbons (Fsp3) is 0.261. The monoisotopic (exact) mass is 362 g/mol. The van der Waals surface area contributed by atoms with Gasteiger partial charge in [0.05, 0.1) is 5.69 Å². The lowest BCUT2D eigenvalue weighted by molar-refractivity contribution is 0.232. The highest BCUT2D eigenvalue weighted by molar-refractivity contribution is 5.31. The van der Waals surface area contributed by atoms with Gasteiger partial charge in [-0.3, -0.25) is 9.88 Å². The van der Waals surface area contributed by atoms with Crippen molar-refractivity contribution in [3.05, 3.63) is 89.7 Å². The smallest absolute Gasteiger partial charge is 0.130 e. The van der Waals surface area contributed by atoms with Crippen molar-refractivity contribution in [2.75, 3.05) is 20.2 Å². The summed E-state index contributed by atoms with van der Waals surface area (Å²) in [6.07, 6.45) is 1.78. The highest BCUT2D eigenvalue weighted by Gasteiger charge is 2.03. The molecule has 0 fully saturated rings. The first-order valence-electron chi connectivity index (χ1n) is 9.19. The lowest BCUT2D eigenvalue weighted by Crippen LogP contribution is -2.24. The Hall–Kier alpha value is -2.85. The van der Waals surface area contributed by atoms with Gasteiger partial charge in [0.2, 0.25) is 0 Å². The van der Waals surface area contributed by atoms with E-state index in [2.05, 4.69) is 42.1 Å². The van der Waals surface area contributed by atoms with E-state index >= 15 is 0 Å². The Morgan fingerprint density at radius 2 is 1.67 bits per heavy atom. The molecule has 0 saturated heterocycles. The molecule has 0 unspecified atom stereocenters. The molecule has 1 heterocycles. The molecule has 0 bridgehead atoms. The molecule has 4 heteroatoms. The van der Waals surface area contributed by atoms with Crippen molar-refractivity contribution in [2.45, 2.75) is 20.1 Å². The molecule has 3 rings (SSSR count). The van der Waals surface area contributed by atoms with Gasteiger partial charge in [0.1, 0.15) is 24.7 Å². The summed E-state index contributed by atoms with van der Waals surface area (Å²) in [6, 6.07) is 22.2. The van der Waals surface area contributed by atoms with E-state index in [0.29, 0.717) is 13.2 Å². The Morgan fingerprint density at radius 3 is 2.41 bits per heavy atom. The minimum atomic E-state index is 0.482. The zero-order chi connectivity index (χ0) is 18.9. The second kappa shape index (κ2) is 9.74. The predicted molar refractivity (Wildman–Crippen MR) is 108 cm³/mol. The van der Waals surface area contributed by atoms with Crippen molar-refractivity contribution in [3.8, 4) is 11.5 Å². The van der Waals surface area contributed by atoms with Gasteiger partial charge in [-0.05, 0) is 55.4 Å². The normalized spacial score (nSPS) is 10.8. The van der Waals surface area contributed by atoms with Gasteiger partial charge < -0.3 is 9.47 Å². The van der Waals surface area contributed by atoms with E-state index in [4.69, 9.17) is 9.47 Å². The molecule has 0 spiro atoms. The van der Waals surface area contributed by atoms with Gasteiger partial charge in [0.25, 0.3) is 0 Å². The Bertz CT molecular complexity index is 819. The molecule has 2 aromatic carbocycles. The van der Waals surface area contributed by atoms with Gasteiger partial charge in [-0.25, -0.2) is 0 Å². The first-order chi connectivity index (χ1) is 13.2. The number of hydrogen-bond donors (Lipinski definition) is 0. The van der Waals surface area contributed by atoms with Crippen LogP contribution in [-0.2, 0) is 13.2 Å². The Morgan fingerprint density at radius 1 is 0.889 bits per heavy atom. The van der Waals surface area contributed by atoms with Crippen LogP contribution in [0, 0.1) is 6.92 Å². The molecule has 0 saturated carbocycles. The lowest BCUT2D eigenvalue weighted by atomic mass is 10.2. The minimum absolute atomic E-state index is 0.482. The molecule has 1 aromatic heterocycles. The molecule has 0 atom stereocenters. The highest BCUT2D eigenvalue weighted by atomic mass is 16.5. The number of likely N-dealkylation sites (N-methyl/N-ethyl adjacent to an activating group) is 1. The molecule has 0 aliphatic carbocycles. The van der Waals surface area contributed by atoms with Gasteiger partial charge >= 0.3 is 0 Å². The largest absolute Gasteiger partial charge is 0.492 e. The Kier molecular flexibility index (Phi) is 6.83. The van der Waals surface area contributed by atoms with Crippen molar-refractivity contribution in [3.63, 3.8) is 0 Å². The lowest BCUT2D eigenvalue weighted by Gasteiger charge is -2.18. The molecule has 3 aromatic rings. The van der Waals surface area contributed by atoms with Crippen LogP contribution in [0.2, 0.25) is 0 Å². The van der Waals surface area contributed by atoms with Crippen LogP contribution in [0.4, 0.5) is 0 Å². The maximum atomic E-state index is 5.87. The van der Waals surface area contributed by atoms with E-state index in [1.165, 1.54) is 11.1 Å². The van der Waals surface area contributed by atoms with Gasteiger partial charge in [-0.15, -0.1) is 0 Å². The zero-order valence-corrected chi connectivity index (χ0v) is 16.0. The number of benzene rings is 2. The molecule has 0 amide bonds. The summed E-state index contributed by atoms with van der Waals surface area (Å²) in [5, 5.41) is 0. The van der Waals surface area contributed by atoms with Crippen LogP contribution in [0.5, 0.6) is 11.5 Å². The number of ether oxygens (including phenoxy) is 2. The van der Waals surface area contributed by atoms with Gasteiger partial charge in [0, 0.05) is 19.3 Å². The molecule has 27 heavy (non-hydrogen) atoms. The summed E-state index contributed by atoms with van der Waals surface area (Å²) < 4.78 is 11.7. The average molecular weight is 362 g/mol. The van der Waals surface area contributed by atoms with E-state index in [9.17, 15) is 0 Å². The summed E-state index contributed by atoms with van der Waals surface area (Å²) in [5.41, 5.74) is 3.34. The van der Waals surface area contributed by atoms with Crippen molar-refractivity contribution in [1.29, 1.82) is 0 Å². The second-order valence-electron chi connectivity index (χ2n) is 6.61. The van der Waals surface area contributed by atoms with E-state index in [-0.39, 0.29) is 0 Å². The quantitative estimate of drug-likeness (QED) is 0.562. The molecule has 140 valence electrons. The number of nitrogens with zero attached hydrogens (tertiary/aromatic N) is 2. The number of aromatic nitrogens is 1. The third-order valence-electron chi connectivity index (χ3n) is 4.31. The van der Waals surface area contributed by atoms with E-state index in [1.807, 2.05) is 48.5 Å². The number of hydrogen-bond acceptors (Lipinski definition) is 4. The summed E-state index contributed by atoms with van der Waals surface area (Å²) >= 11 is 0. The van der Waals surface area contributed by atoms with Crippen molar-refractivity contribution < 1.29 is 9.47 Å². The molecule has 4 nitrogen and oxygen atoms in total. The zero-order valence-electron chi connectivity index (χ0n) is 16.0. The van der Waals surface area contributed by atoms with Crippen LogP contribution >= 0.6 is 0 Å². The molecule has 0 radical (unpaired) electrons. The minimum Gasteiger partial charge on any atom is -0.492 e. The Balaban J connectivity index is 1.41. The number of para-hydroxylation sites is 1. The van der Waals surface area contributed by atoms with Crippen LogP contribution < -0.4 is 9.47 Å². The second-order valence-corrected chi connectivity index (χ2v) is 6.61. The van der Waals surface area contributed by atoms with Gasteiger partial charge in [-0.2, -0.15) is 0 Å². The van der Waals surface area contributed by atoms with Gasteiger partial charge in [0.15, 0.2) is 0 Å². The summed E-state index contributed by atoms with van der Waals surface area (Å²) in [7, 11) is 2.10. The van der Waals surface area contributed by atoms with Crippen LogP contribution in [0.3, 0.4) is 0 Å². The van der Waals surface area contributed by atoms with Crippen LogP contribution in [-0.4, -0.2) is 30.1 Å². The van der Waals surface area contributed by atoms with E-state index in [0.717, 1.165) is 30.3 Å². The fourth-order valence-electron chi connectivity index (χ4n) is 2.75. The summed E-state index contributed by atoms with van der Waals surface area (Å²) in [4.78, 5) is 6.52. The molecule has 0 aliphatic rings. The maximum absolute atomic E-state index is 5.87. The van der Waals surface area contributed by atoms with E-state index in [1.54, 1.807) is 6.20 Å². The SMILES string of the molecule is Cc1ccccc1OCCN(C)Cc1ccc(OCc2ccccn2)cc1. The topological polar surface area (TPSA) is 34.6 Å². The Labute approximate surface area is 161 Å². The first-order valence-corrected chi connectivity index (χ1v) is 9.19. The van der Waals surface area contributed by atoms with Crippen molar-refractivity contribution in [1.82, 2.24) is 9.88 Å². The number of aryl methyl sites for hydroxylation is 1. The molecular weight excluding hydrogens is 336 g/mol. The predicted octanol–water partition coefficient (Wildman–Crippen LogP) is 4.48. The summed E-state index contributed by atoms with van der Waals surface area (Å²) in [5.74, 6) is 1.82. The molecule has 0 aliphatic heterocycles. The standard InChI is InChI=1S/C23H26N2O2/c1-19-7-3-4-9-23(19)26-16-15-25(2)17-20-10-12-22(13-11-20)27-18-21-8-5-6-14-24-21/h3-14H,15-18H2,1-2H3. The number of rotatable bonds is 9. The molecule has 0 N–H and O–H groups in total. The van der Waals surface area contributed by atoms with E-state index < -0.39 is 0 Å². The fourth-order valence-corrected chi connectivity index (χ4v) is 2.75. The maximum Gasteiger partial charge on any atom is 0.130 e. The average Bonchev–Trinajstić information content (AvgIpc) is 2.70. The summed E-state index contributed by atoms with van der Waals surface area (Å²) in [6.45, 7) is 4.96. The van der Waals surface area contributed by atoms with Crippen LogP contribution in [0.1, 0.15) is 16.8 Å². The first kappa shape index (κ1) is 18.9.